The zero-order chi connectivity index (χ0) is 14.4. The van der Waals surface area contributed by atoms with E-state index in [1.807, 2.05) is 31.2 Å². The molecule has 2 atom stereocenters. The van der Waals surface area contributed by atoms with Crippen molar-refractivity contribution in [3.63, 3.8) is 0 Å². The van der Waals surface area contributed by atoms with Crippen molar-refractivity contribution in [3.8, 4) is 5.75 Å². The van der Waals surface area contributed by atoms with Crippen LogP contribution in [0.25, 0.3) is 0 Å². The highest BCUT2D eigenvalue weighted by molar-refractivity contribution is 9.10. The number of amides is 1. The Bertz CT molecular complexity index is 446. The van der Waals surface area contributed by atoms with Gasteiger partial charge in [-0.3, -0.25) is 4.79 Å². The second-order valence-electron chi connectivity index (χ2n) is 5.02. The first kappa shape index (κ1) is 15.3. The number of para-hydroxylation sites is 1. The monoisotopic (exact) mass is 341 g/mol. The molecular weight excluding hydrogens is 322 g/mol. The van der Waals surface area contributed by atoms with Gasteiger partial charge in [0.25, 0.3) is 0 Å². The summed E-state index contributed by atoms with van der Waals surface area (Å²) in [5.41, 5.74) is 0. The molecule has 5 heteroatoms. The van der Waals surface area contributed by atoms with E-state index in [1.54, 1.807) is 0 Å². The molecule has 1 aromatic rings. The van der Waals surface area contributed by atoms with Crippen LogP contribution in [0.15, 0.2) is 28.7 Å². The van der Waals surface area contributed by atoms with Gasteiger partial charge in [-0.1, -0.05) is 12.1 Å². The molecule has 0 radical (unpaired) electrons. The van der Waals surface area contributed by atoms with Gasteiger partial charge in [-0.25, -0.2) is 0 Å². The number of halogens is 1. The third-order valence-corrected chi connectivity index (χ3v) is 3.91. The van der Waals surface area contributed by atoms with E-state index in [1.165, 1.54) is 0 Å². The summed E-state index contributed by atoms with van der Waals surface area (Å²) in [5.74, 6) is 0.835. The maximum absolute atomic E-state index is 12.0. The molecular formula is C15H20BrNO3. The maximum Gasteiger partial charge on any atom is 0.225 e. The minimum absolute atomic E-state index is 0.0144. The number of rotatable bonds is 5. The fourth-order valence-electron chi connectivity index (χ4n) is 2.13. The lowest BCUT2D eigenvalue weighted by molar-refractivity contribution is -0.129. The molecule has 1 N–H and O–H groups in total. The second kappa shape index (κ2) is 7.64. The van der Waals surface area contributed by atoms with Crippen LogP contribution in [0.3, 0.4) is 0 Å². The lowest BCUT2D eigenvalue weighted by Crippen LogP contribution is -2.40. The molecule has 0 aliphatic carbocycles. The highest BCUT2D eigenvalue weighted by Crippen LogP contribution is 2.24. The Morgan fingerprint density at radius 1 is 1.55 bits per heavy atom. The Morgan fingerprint density at radius 2 is 2.35 bits per heavy atom. The largest absolute Gasteiger partial charge is 0.488 e. The molecule has 20 heavy (non-hydrogen) atoms. The highest BCUT2D eigenvalue weighted by Gasteiger charge is 2.22. The molecule has 1 aliphatic heterocycles. The van der Waals surface area contributed by atoms with Gasteiger partial charge in [0.2, 0.25) is 5.91 Å². The van der Waals surface area contributed by atoms with E-state index >= 15 is 0 Å². The van der Waals surface area contributed by atoms with Gasteiger partial charge in [-0.2, -0.15) is 0 Å². The summed E-state index contributed by atoms with van der Waals surface area (Å²) in [5, 5.41) is 2.93. The van der Waals surface area contributed by atoms with Gasteiger partial charge in [0.05, 0.1) is 23.5 Å². The van der Waals surface area contributed by atoms with Crippen LogP contribution in [0.5, 0.6) is 5.75 Å². The number of carbonyl (C=O) groups excluding carboxylic acids is 1. The van der Waals surface area contributed by atoms with Crippen LogP contribution in [0.2, 0.25) is 0 Å². The van der Waals surface area contributed by atoms with Crippen molar-refractivity contribution in [2.45, 2.75) is 25.9 Å². The minimum atomic E-state index is -0.0813. The molecule has 1 saturated heterocycles. The number of hydrogen-bond donors (Lipinski definition) is 1. The lowest BCUT2D eigenvalue weighted by atomic mass is 10.0. The first-order valence-corrected chi connectivity index (χ1v) is 7.72. The minimum Gasteiger partial charge on any atom is -0.488 e. The summed E-state index contributed by atoms with van der Waals surface area (Å²) in [6.07, 6.45) is 1.79. The molecule has 1 aromatic carbocycles. The summed E-state index contributed by atoms with van der Waals surface area (Å²) in [7, 11) is 0. The molecule has 0 spiro atoms. The van der Waals surface area contributed by atoms with Crippen LogP contribution in [-0.4, -0.2) is 31.8 Å². The van der Waals surface area contributed by atoms with Crippen LogP contribution in [0.4, 0.5) is 0 Å². The summed E-state index contributed by atoms with van der Waals surface area (Å²) in [6.45, 7) is 3.74. The maximum atomic E-state index is 12.0. The first-order valence-electron chi connectivity index (χ1n) is 6.93. The summed E-state index contributed by atoms with van der Waals surface area (Å²) < 4.78 is 12.0. The normalized spacial score (nSPS) is 20.2. The van der Waals surface area contributed by atoms with Crippen molar-refractivity contribution in [1.82, 2.24) is 5.32 Å². The fourth-order valence-corrected chi connectivity index (χ4v) is 2.51. The van der Waals surface area contributed by atoms with Gasteiger partial charge in [0.1, 0.15) is 11.9 Å². The zero-order valence-electron chi connectivity index (χ0n) is 11.6. The van der Waals surface area contributed by atoms with Gasteiger partial charge in [0, 0.05) is 6.61 Å². The number of nitrogens with one attached hydrogen (secondary N) is 1. The lowest BCUT2D eigenvalue weighted by Gasteiger charge is -2.22. The molecule has 0 bridgehead atoms. The highest BCUT2D eigenvalue weighted by atomic mass is 79.9. The SMILES string of the molecule is C[C@H](CNC(=O)[C@@H]1CCCOC1)Oc1ccccc1Br. The predicted octanol–water partition coefficient (Wildman–Crippen LogP) is 2.76. The van der Waals surface area contributed by atoms with Gasteiger partial charge in [-0.05, 0) is 47.8 Å². The third kappa shape index (κ3) is 4.49. The van der Waals surface area contributed by atoms with Crippen LogP contribution >= 0.6 is 15.9 Å². The summed E-state index contributed by atoms with van der Waals surface area (Å²) in [6, 6.07) is 7.69. The van der Waals surface area contributed by atoms with Crippen LogP contribution in [0, 0.1) is 5.92 Å². The van der Waals surface area contributed by atoms with Crippen molar-refractivity contribution in [2.75, 3.05) is 19.8 Å². The van der Waals surface area contributed by atoms with E-state index in [0.29, 0.717) is 13.2 Å². The van der Waals surface area contributed by atoms with Crippen LogP contribution < -0.4 is 10.1 Å². The van der Waals surface area contributed by atoms with E-state index < -0.39 is 0 Å². The molecule has 1 aliphatic rings. The van der Waals surface area contributed by atoms with E-state index in [4.69, 9.17) is 9.47 Å². The van der Waals surface area contributed by atoms with Gasteiger partial charge in [0.15, 0.2) is 0 Å². The Hall–Kier alpha value is -1.07. The van der Waals surface area contributed by atoms with Crippen LogP contribution in [0.1, 0.15) is 19.8 Å². The van der Waals surface area contributed by atoms with E-state index in [9.17, 15) is 4.79 Å². The molecule has 1 heterocycles. The molecule has 1 fully saturated rings. The molecule has 0 unspecified atom stereocenters. The summed E-state index contributed by atoms with van der Waals surface area (Å²) >= 11 is 3.44. The standard InChI is InChI=1S/C15H20BrNO3/c1-11(20-14-7-3-2-6-13(14)16)9-17-15(18)12-5-4-8-19-10-12/h2-3,6-7,11-12H,4-5,8-10H2,1H3,(H,17,18)/t11-,12-/m1/s1. The molecule has 0 aromatic heterocycles. The van der Waals surface area contributed by atoms with Crippen molar-refractivity contribution in [1.29, 1.82) is 0 Å². The Balaban J connectivity index is 1.76. The zero-order valence-corrected chi connectivity index (χ0v) is 13.2. The Kier molecular flexibility index (Phi) is 5.86. The number of hydrogen-bond acceptors (Lipinski definition) is 3. The average Bonchev–Trinajstić information content (AvgIpc) is 2.48. The van der Waals surface area contributed by atoms with Gasteiger partial charge in [-0.15, -0.1) is 0 Å². The Morgan fingerprint density at radius 3 is 3.05 bits per heavy atom. The quantitative estimate of drug-likeness (QED) is 0.895. The average molecular weight is 342 g/mol. The smallest absolute Gasteiger partial charge is 0.225 e. The second-order valence-corrected chi connectivity index (χ2v) is 5.87. The number of carbonyl (C=O) groups is 1. The summed E-state index contributed by atoms with van der Waals surface area (Å²) in [4.78, 5) is 12.0. The van der Waals surface area contributed by atoms with E-state index in [2.05, 4.69) is 21.2 Å². The molecule has 110 valence electrons. The molecule has 2 rings (SSSR count). The van der Waals surface area contributed by atoms with Crippen molar-refractivity contribution >= 4 is 21.8 Å². The van der Waals surface area contributed by atoms with E-state index in [-0.39, 0.29) is 17.9 Å². The van der Waals surface area contributed by atoms with Crippen molar-refractivity contribution in [2.24, 2.45) is 5.92 Å². The van der Waals surface area contributed by atoms with E-state index in [0.717, 1.165) is 29.7 Å². The van der Waals surface area contributed by atoms with Crippen molar-refractivity contribution in [3.05, 3.63) is 28.7 Å². The first-order chi connectivity index (χ1) is 9.66. The molecule has 0 saturated carbocycles. The molecule has 4 nitrogen and oxygen atoms in total. The Labute approximate surface area is 128 Å². The van der Waals surface area contributed by atoms with Crippen LogP contribution in [-0.2, 0) is 9.53 Å². The predicted molar refractivity (Wildman–Crippen MR) is 80.8 cm³/mol. The fraction of sp³-hybridized carbons (Fsp3) is 0.533. The van der Waals surface area contributed by atoms with Crippen molar-refractivity contribution < 1.29 is 14.3 Å². The number of ether oxygens (including phenoxy) is 2. The topological polar surface area (TPSA) is 47.6 Å². The molecule has 1 amide bonds. The van der Waals surface area contributed by atoms with Gasteiger partial charge >= 0.3 is 0 Å². The van der Waals surface area contributed by atoms with Gasteiger partial charge < -0.3 is 14.8 Å². The number of benzene rings is 1. The third-order valence-electron chi connectivity index (χ3n) is 3.26.